The minimum atomic E-state index is 0.320. The summed E-state index contributed by atoms with van der Waals surface area (Å²) in [5.74, 6) is 1.07. The van der Waals surface area contributed by atoms with Gasteiger partial charge in [-0.05, 0) is 57.8 Å². The van der Waals surface area contributed by atoms with Crippen LogP contribution in [0.5, 0.6) is 0 Å². The van der Waals surface area contributed by atoms with Gasteiger partial charge in [-0.2, -0.15) is 0 Å². The maximum absolute atomic E-state index is 9.27. The highest BCUT2D eigenvalue weighted by Gasteiger charge is 2.15. The zero-order valence-electron chi connectivity index (χ0n) is 11.0. The standard InChI is InChI=1S/C15H26O/c1-12-5-4-6-13(2)8-10-15(9-7-12)14(3)11-16/h5,8,14-16H,4,6-7,9-11H2,1-3H3/b12-5+,13-8+/t14?,15-/m1/s1. The molecule has 1 aliphatic rings. The summed E-state index contributed by atoms with van der Waals surface area (Å²) >= 11 is 0. The van der Waals surface area contributed by atoms with Crippen LogP contribution in [-0.2, 0) is 0 Å². The topological polar surface area (TPSA) is 20.2 Å². The lowest BCUT2D eigenvalue weighted by atomic mass is 9.85. The molecule has 1 aliphatic carbocycles. The highest BCUT2D eigenvalue weighted by atomic mass is 16.3. The maximum atomic E-state index is 9.27. The van der Waals surface area contributed by atoms with Crippen molar-refractivity contribution >= 4 is 0 Å². The number of allylic oxidation sites excluding steroid dienone is 4. The van der Waals surface area contributed by atoms with Crippen LogP contribution in [0.1, 0.15) is 52.9 Å². The Morgan fingerprint density at radius 2 is 1.94 bits per heavy atom. The molecule has 16 heavy (non-hydrogen) atoms. The van der Waals surface area contributed by atoms with E-state index in [-0.39, 0.29) is 0 Å². The number of aliphatic hydroxyl groups is 1. The second-order valence-electron chi connectivity index (χ2n) is 5.33. The fourth-order valence-electron chi connectivity index (χ4n) is 2.30. The second-order valence-corrected chi connectivity index (χ2v) is 5.33. The van der Waals surface area contributed by atoms with Crippen molar-refractivity contribution in [1.82, 2.24) is 0 Å². The van der Waals surface area contributed by atoms with Crippen LogP contribution in [-0.4, -0.2) is 11.7 Å². The third-order valence-electron chi connectivity index (χ3n) is 3.80. The number of hydrogen-bond donors (Lipinski definition) is 1. The van der Waals surface area contributed by atoms with Crippen LogP contribution in [0.4, 0.5) is 0 Å². The third kappa shape index (κ3) is 4.52. The fraction of sp³-hybridized carbons (Fsp3) is 0.733. The van der Waals surface area contributed by atoms with E-state index < -0.39 is 0 Å². The molecule has 92 valence electrons. The number of hydrogen-bond acceptors (Lipinski definition) is 1. The minimum Gasteiger partial charge on any atom is -0.396 e. The van der Waals surface area contributed by atoms with Gasteiger partial charge in [0.05, 0.1) is 0 Å². The summed E-state index contributed by atoms with van der Waals surface area (Å²) < 4.78 is 0. The average molecular weight is 222 g/mol. The largest absolute Gasteiger partial charge is 0.396 e. The van der Waals surface area contributed by atoms with Crippen molar-refractivity contribution in [2.45, 2.75) is 52.9 Å². The van der Waals surface area contributed by atoms with Gasteiger partial charge in [0.2, 0.25) is 0 Å². The van der Waals surface area contributed by atoms with Gasteiger partial charge in [0, 0.05) is 6.61 Å². The number of rotatable bonds is 2. The normalized spacial score (nSPS) is 32.1. The van der Waals surface area contributed by atoms with Gasteiger partial charge in [0.15, 0.2) is 0 Å². The zero-order valence-corrected chi connectivity index (χ0v) is 11.0. The average Bonchev–Trinajstić information content (AvgIpc) is 2.28. The molecule has 0 fully saturated rings. The number of aliphatic hydroxyl groups excluding tert-OH is 1. The molecule has 1 N–H and O–H groups in total. The van der Waals surface area contributed by atoms with E-state index in [1.165, 1.54) is 36.8 Å². The molecular weight excluding hydrogens is 196 g/mol. The van der Waals surface area contributed by atoms with E-state index in [2.05, 4.69) is 32.9 Å². The Morgan fingerprint density at radius 1 is 1.25 bits per heavy atom. The van der Waals surface area contributed by atoms with Crippen molar-refractivity contribution in [3.8, 4) is 0 Å². The van der Waals surface area contributed by atoms with Crippen LogP contribution < -0.4 is 0 Å². The SMILES string of the molecule is C/C1=C\C[C@H](C(C)CO)CC/C(C)=C/CC1. The first-order chi connectivity index (χ1) is 7.63. The van der Waals surface area contributed by atoms with E-state index in [0.29, 0.717) is 18.4 Å². The summed E-state index contributed by atoms with van der Waals surface area (Å²) in [5.41, 5.74) is 3.02. The quantitative estimate of drug-likeness (QED) is 0.698. The van der Waals surface area contributed by atoms with Crippen molar-refractivity contribution in [1.29, 1.82) is 0 Å². The molecule has 0 aromatic heterocycles. The molecule has 0 saturated carbocycles. The van der Waals surface area contributed by atoms with E-state index in [4.69, 9.17) is 0 Å². The molecule has 0 bridgehead atoms. The van der Waals surface area contributed by atoms with Crippen molar-refractivity contribution in [3.05, 3.63) is 23.3 Å². The van der Waals surface area contributed by atoms with Gasteiger partial charge >= 0.3 is 0 Å². The maximum Gasteiger partial charge on any atom is 0.0459 e. The molecule has 0 saturated heterocycles. The lowest BCUT2D eigenvalue weighted by molar-refractivity contribution is 0.182. The predicted octanol–water partition coefficient (Wildman–Crippen LogP) is 4.09. The van der Waals surface area contributed by atoms with Gasteiger partial charge in [0.25, 0.3) is 0 Å². The van der Waals surface area contributed by atoms with Gasteiger partial charge in [-0.15, -0.1) is 0 Å². The first-order valence-electron chi connectivity index (χ1n) is 6.55. The summed E-state index contributed by atoms with van der Waals surface area (Å²) in [5, 5.41) is 9.27. The van der Waals surface area contributed by atoms with Gasteiger partial charge < -0.3 is 5.11 Å². The van der Waals surface area contributed by atoms with Crippen molar-refractivity contribution < 1.29 is 5.11 Å². The lowest BCUT2D eigenvalue weighted by Gasteiger charge is -2.22. The summed E-state index contributed by atoms with van der Waals surface area (Å²) in [7, 11) is 0. The molecule has 0 heterocycles. The second kappa shape index (κ2) is 6.90. The Hall–Kier alpha value is -0.560. The molecule has 0 aromatic rings. The molecule has 1 rings (SSSR count). The summed E-state index contributed by atoms with van der Waals surface area (Å²) in [6.45, 7) is 6.95. The zero-order chi connectivity index (χ0) is 12.0. The minimum absolute atomic E-state index is 0.320. The molecular formula is C15H26O. The predicted molar refractivity (Wildman–Crippen MR) is 70.3 cm³/mol. The van der Waals surface area contributed by atoms with Crippen LogP contribution in [0.3, 0.4) is 0 Å². The van der Waals surface area contributed by atoms with Gasteiger partial charge in [0.1, 0.15) is 0 Å². The molecule has 1 unspecified atom stereocenters. The van der Waals surface area contributed by atoms with Crippen molar-refractivity contribution in [2.24, 2.45) is 11.8 Å². The van der Waals surface area contributed by atoms with Gasteiger partial charge in [-0.1, -0.05) is 30.2 Å². The molecule has 0 aromatic carbocycles. The molecule has 0 spiro atoms. The van der Waals surface area contributed by atoms with E-state index in [0.717, 1.165) is 6.42 Å². The highest BCUT2D eigenvalue weighted by molar-refractivity contribution is 5.06. The summed E-state index contributed by atoms with van der Waals surface area (Å²) in [6.07, 6.45) is 10.7. The Labute approximate surface area is 100 Å². The monoisotopic (exact) mass is 222 g/mol. The van der Waals surface area contributed by atoms with Gasteiger partial charge in [-0.25, -0.2) is 0 Å². The third-order valence-corrected chi connectivity index (χ3v) is 3.80. The Kier molecular flexibility index (Phi) is 5.83. The Morgan fingerprint density at radius 3 is 2.62 bits per heavy atom. The van der Waals surface area contributed by atoms with Crippen LogP contribution in [0.15, 0.2) is 23.3 Å². The first-order valence-corrected chi connectivity index (χ1v) is 6.55. The molecule has 1 heteroatoms. The van der Waals surface area contributed by atoms with E-state index >= 15 is 0 Å². The smallest absolute Gasteiger partial charge is 0.0459 e. The van der Waals surface area contributed by atoms with Crippen molar-refractivity contribution in [3.63, 3.8) is 0 Å². The summed E-state index contributed by atoms with van der Waals surface area (Å²) in [6, 6.07) is 0. The summed E-state index contributed by atoms with van der Waals surface area (Å²) in [4.78, 5) is 0. The molecule has 1 nitrogen and oxygen atoms in total. The molecule has 2 atom stereocenters. The van der Waals surface area contributed by atoms with Crippen LogP contribution in [0.2, 0.25) is 0 Å². The Bertz CT molecular complexity index is 263. The van der Waals surface area contributed by atoms with Gasteiger partial charge in [-0.3, -0.25) is 0 Å². The fourth-order valence-corrected chi connectivity index (χ4v) is 2.30. The van der Waals surface area contributed by atoms with E-state index in [1.54, 1.807) is 0 Å². The lowest BCUT2D eigenvalue weighted by Crippen LogP contribution is -2.15. The molecule has 0 radical (unpaired) electrons. The van der Waals surface area contributed by atoms with E-state index in [9.17, 15) is 5.11 Å². The van der Waals surface area contributed by atoms with Crippen LogP contribution in [0, 0.1) is 11.8 Å². The van der Waals surface area contributed by atoms with Crippen molar-refractivity contribution in [2.75, 3.05) is 6.61 Å². The van der Waals surface area contributed by atoms with Crippen LogP contribution in [0.25, 0.3) is 0 Å². The first kappa shape index (κ1) is 13.5. The highest BCUT2D eigenvalue weighted by Crippen LogP contribution is 2.26. The molecule has 0 amide bonds. The molecule has 0 aliphatic heterocycles. The Balaban J connectivity index is 2.67. The van der Waals surface area contributed by atoms with E-state index in [1.807, 2.05) is 0 Å². The van der Waals surface area contributed by atoms with Crippen LogP contribution >= 0.6 is 0 Å².